The number of nitrogens with zero attached hydrogens (tertiary/aromatic N) is 2. The summed E-state index contributed by atoms with van der Waals surface area (Å²) in [7, 11) is 0. The fourth-order valence-corrected chi connectivity index (χ4v) is 3.74. The Bertz CT molecular complexity index is 776. The van der Waals surface area contributed by atoms with Crippen molar-refractivity contribution in [1.82, 2.24) is 9.88 Å². The van der Waals surface area contributed by atoms with Crippen LogP contribution in [0, 0.1) is 5.82 Å². The lowest BCUT2D eigenvalue weighted by Gasteiger charge is -2.38. The number of piperidine rings is 1. The van der Waals surface area contributed by atoms with Gasteiger partial charge in [-0.15, -0.1) is 0 Å². The first-order chi connectivity index (χ1) is 12.7. The molecular formula is C20H21FN2O3. The second-order valence-electron chi connectivity index (χ2n) is 6.88. The lowest BCUT2D eigenvalue weighted by Crippen LogP contribution is -2.46. The molecule has 2 saturated heterocycles. The maximum absolute atomic E-state index is 13.9. The topological polar surface area (TPSA) is 51.7 Å². The van der Waals surface area contributed by atoms with Crippen molar-refractivity contribution in [1.29, 1.82) is 0 Å². The molecule has 1 amide bonds. The summed E-state index contributed by atoms with van der Waals surface area (Å²) in [4.78, 5) is 18.4. The number of carbonyl (C=O) groups is 1. The summed E-state index contributed by atoms with van der Waals surface area (Å²) < 4.78 is 25.8. The van der Waals surface area contributed by atoms with Gasteiger partial charge in [0.1, 0.15) is 11.9 Å². The number of benzene rings is 1. The molecule has 2 aliphatic heterocycles. The quantitative estimate of drug-likeness (QED) is 0.848. The molecule has 6 heteroatoms. The van der Waals surface area contributed by atoms with Gasteiger partial charge in [0, 0.05) is 31.8 Å². The molecule has 1 spiro atoms. The maximum Gasteiger partial charge on any atom is 0.256 e. The maximum atomic E-state index is 13.9. The lowest BCUT2D eigenvalue weighted by atomic mass is 9.87. The highest BCUT2D eigenvalue weighted by atomic mass is 19.1. The molecule has 1 aromatic carbocycles. The average Bonchev–Trinajstić information content (AvgIpc) is 3.05. The van der Waals surface area contributed by atoms with Gasteiger partial charge in [0.2, 0.25) is 5.88 Å². The van der Waals surface area contributed by atoms with E-state index in [0.29, 0.717) is 25.6 Å². The van der Waals surface area contributed by atoms with Gasteiger partial charge in [0.05, 0.1) is 17.8 Å². The van der Waals surface area contributed by atoms with Crippen molar-refractivity contribution >= 4 is 5.91 Å². The van der Waals surface area contributed by atoms with Crippen LogP contribution in [0.25, 0.3) is 0 Å². The van der Waals surface area contributed by atoms with Gasteiger partial charge in [-0.2, -0.15) is 0 Å². The van der Waals surface area contributed by atoms with E-state index in [-0.39, 0.29) is 23.2 Å². The van der Waals surface area contributed by atoms with Gasteiger partial charge in [0.15, 0.2) is 0 Å². The molecule has 136 valence electrons. The predicted octanol–water partition coefficient (Wildman–Crippen LogP) is 3.06. The molecule has 0 aliphatic carbocycles. The largest absolute Gasteiger partial charge is 0.472 e. The first-order valence-corrected chi connectivity index (χ1v) is 8.91. The zero-order chi connectivity index (χ0) is 18.0. The van der Waals surface area contributed by atoms with Crippen LogP contribution in [0.1, 0.15) is 29.6 Å². The summed E-state index contributed by atoms with van der Waals surface area (Å²) in [5, 5.41) is 0. The minimum atomic E-state index is -0.473. The van der Waals surface area contributed by atoms with E-state index >= 15 is 0 Å². The van der Waals surface area contributed by atoms with E-state index in [1.165, 1.54) is 12.1 Å². The summed E-state index contributed by atoms with van der Waals surface area (Å²) >= 11 is 0. The van der Waals surface area contributed by atoms with Crippen molar-refractivity contribution in [3.05, 3.63) is 60.0 Å². The SMILES string of the molecule is O=C(c1ccccc1F)N1CCC2(CC1)C[C@@H](Oc1ccccn1)CO2. The highest BCUT2D eigenvalue weighted by molar-refractivity contribution is 5.94. The smallest absolute Gasteiger partial charge is 0.256 e. The van der Waals surface area contributed by atoms with E-state index in [4.69, 9.17) is 9.47 Å². The van der Waals surface area contributed by atoms with Crippen molar-refractivity contribution in [2.24, 2.45) is 0 Å². The van der Waals surface area contributed by atoms with Crippen LogP contribution in [0.4, 0.5) is 4.39 Å². The summed E-state index contributed by atoms with van der Waals surface area (Å²) in [6.45, 7) is 1.64. The molecule has 0 N–H and O–H groups in total. The highest BCUT2D eigenvalue weighted by Gasteiger charge is 2.44. The van der Waals surface area contributed by atoms with Crippen molar-refractivity contribution in [3.8, 4) is 5.88 Å². The van der Waals surface area contributed by atoms with Gasteiger partial charge in [-0.3, -0.25) is 4.79 Å². The number of carbonyl (C=O) groups excluding carboxylic acids is 1. The zero-order valence-electron chi connectivity index (χ0n) is 14.4. The van der Waals surface area contributed by atoms with Crippen molar-refractivity contribution in [2.75, 3.05) is 19.7 Å². The summed E-state index contributed by atoms with van der Waals surface area (Å²) in [5.41, 5.74) is -0.127. The molecule has 1 atom stereocenters. The fourth-order valence-electron chi connectivity index (χ4n) is 3.74. The fraction of sp³-hybridized carbons (Fsp3) is 0.400. The van der Waals surface area contributed by atoms with Crippen LogP contribution in [0.15, 0.2) is 48.7 Å². The highest BCUT2D eigenvalue weighted by Crippen LogP contribution is 2.37. The molecule has 4 rings (SSSR count). The molecule has 0 radical (unpaired) electrons. The molecule has 26 heavy (non-hydrogen) atoms. The Morgan fingerprint density at radius 1 is 1.19 bits per heavy atom. The minimum absolute atomic E-state index is 0.0290. The number of likely N-dealkylation sites (tertiary alicyclic amines) is 1. The van der Waals surface area contributed by atoms with Crippen LogP contribution in [0.2, 0.25) is 0 Å². The van der Waals surface area contributed by atoms with Gasteiger partial charge in [-0.1, -0.05) is 18.2 Å². The van der Waals surface area contributed by atoms with Gasteiger partial charge in [-0.05, 0) is 31.0 Å². The molecule has 2 fully saturated rings. The Hall–Kier alpha value is -2.47. The van der Waals surface area contributed by atoms with E-state index < -0.39 is 5.82 Å². The Kier molecular flexibility index (Phi) is 4.59. The Morgan fingerprint density at radius 2 is 1.96 bits per heavy atom. The molecule has 3 heterocycles. The standard InChI is InChI=1S/C20H21FN2O3/c21-17-6-2-1-5-16(17)19(24)23-11-8-20(9-12-23)13-15(14-25-20)26-18-7-3-4-10-22-18/h1-7,10,15H,8-9,11-14H2/t15-/m1/s1. The van der Waals surface area contributed by atoms with Crippen molar-refractivity contribution < 1.29 is 18.7 Å². The minimum Gasteiger partial charge on any atom is -0.472 e. The number of pyridine rings is 1. The Labute approximate surface area is 151 Å². The van der Waals surface area contributed by atoms with Crippen LogP contribution in [0.5, 0.6) is 5.88 Å². The number of halogens is 1. The monoisotopic (exact) mass is 356 g/mol. The van der Waals surface area contributed by atoms with Crippen LogP contribution in [0.3, 0.4) is 0 Å². The number of hydrogen-bond acceptors (Lipinski definition) is 4. The van der Waals surface area contributed by atoms with Crippen LogP contribution in [-0.4, -0.2) is 47.2 Å². The molecule has 2 aromatic rings. The Balaban J connectivity index is 1.35. The zero-order valence-corrected chi connectivity index (χ0v) is 14.4. The summed E-state index contributed by atoms with van der Waals surface area (Å²) in [6.07, 6.45) is 3.92. The summed E-state index contributed by atoms with van der Waals surface area (Å²) in [5.74, 6) is -0.124. The van der Waals surface area contributed by atoms with Gasteiger partial charge < -0.3 is 14.4 Å². The van der Waals surface area contributed by atoms with Gasteiger partial charge in [0.25, 0.3) is 5.91 Å². The predicted molar refractivity (Wildman–Crippen MR) is 93.5 cm³/mol. The number of amides is 1. The van der Waals surface area contributed by atoms with Crippen LogP contribution in [-0.2, 0) is 4.74 Å². The van der Waals surface area contributed by atoms with E-state index in [0.717, 1.165) is 19.3 Å². The average molecular weight is 356 g/mol. The number of ether oxygens (including phenoxy) is 2. The van der Waals surface area contributed by atoms with Crippen LogP contribution < -0.4 is 4.74 Å². The van der Waals surface area contributed by atoms with E-state index in [9.17, 15) is 9.18 Å². The van der Waals surface area contributed by atoms with E-state index in [1.54, 1.807) is 23.2 Å². The third-order valence-corrected chi connectivity index (χ3v) is 5.17. The van der Waals surface area contributed by atoms with Crippen molar-refractivity contribution in [2.45, 2.75) is 31.0 Å². The number of aromatic nitrogens is 1. The number of rotatable bonds is 3. The molecule has 0 saturated carbocycles. The second kappa shape index (κ2) is 7.03. The van der Waals surface area contributed by atoms with Crippen LogP contribution >= 0.6 is 0 Å². The Morgan fingerprint density at radius 3 is 2.69 bits per heavy atom. The third-order valence-electron chi connectivity index (χ3n) is 5.17. The third kappa shape index (κ3) is 3.42. The van der Waals surface area contributed by atoms with Crippen molar-refractivity contribution in [3.63, 3.8) is 0 Å². The first-order valence-electron chi connectivity index (χ1n) is 8.91. The van der Waals surface area contributed by atoms with E-state index in [2.05, 4.69) is 4.98 Å². The second-order valence-corrected chi connectivity index (χ2v) is 6.88. The molecule has 0 unspecified atom stereocenters. The molecular weight excluding hydrogens is 335 g/mol. The summed E-state index contributed by atoms with van der Waals surface area (Å²) in [6, 6.07) is 11.7. The normalized spacial score (nSPS) is 21.7. The van der Waals surface area contributed by atoms with Gasteiger partial charge in [-0.25, -0.2) is 9.37 Å². The molecule has 0 bridgehead atoms. The molecule has 5 nitrogen and oxygen atoms in total. The number of hydrogen-bond donors (Lipinski definition) is 0. The van der Waals surface area contributed by atoms with Gasteiger partial charge >= 0.3 is 0 Å². The molecule has 1 aromatic heterocycles. The molecule has 2 aliphatic rings. The van der Waals surface area contributed by atoms with E-state index in [1.807, 2.05) is 18.2 Å². The lowest BCUT2D eigenvalue weighted by molar-refractivity contribution is -0.0396. The first kappa shape index (κ1) is 17.0.